The highest BCUT2D eigenvalue weighted by Crippen LogP contribution is 2.36. The first-order chi connectivity index (χ1) is 19.7. The molecule has 10 heteroatoms. The molecule has 4 aromatic rings. The first kappa shape index (κ1) is 28.2. The fourth-order valence-corrected chi connectivity index (χ4v) is 5.11. The minimum Gasteiger partial charge on any atom is -0.324 e. The number of nitrogens with zero attached hydrogens (tertiary/aromatic N) is 4. The van der Waals surface area contributed by atoms with Gasteiger partial charge in [0.15, 0.2) is 0 Å². The van der Waals surface area contributed by atoms with Crippen molar-refractivity contribution >= 4 is 23.2 Å². The van der Waals surface area contributed by atoms with Gasteiger partial charge >= 0.3 is 6.18 Å². The SMILES string of the molecule is CCN1CCCC(c2ccc(C(=O)Nc3ccc(C)c(Nc4nccc(-c5cccnc5)n4)c3)c(C(F)(F)F)c2)C1. The van der Waals surface area contributed by atoms with Gasteiger partial charge in [0.1, 0.15) is 0 Å². The van der Waals surface area contributed by atoms with E-state index in [1.165, 1.54) is 6.07 Å². The van der Waals surface area contributed by atoms with Gasteiger partial charge in [-0.3, -0.25) is 9.78 Å². The van der Waals surface area contributed by atoms with E-state index in [0.717, 1.165) is 43.1 Å². The number of carbonyl (C=O) groups excluding carboxylic acids is 1. The van der Waals surface area contributed by atoms with Crippen molar-refractivity contribution in [3.8, 4) is 11.3 Å². The third-order valence-corrected chi connectivity index (χ3v) is 7.37. The summed E-state index contributed by atoms with van der Waals surface area (Å²) in [4.78, 5) is 28.3. The molecule has 2 aromatic carbocycles. The molecule has 0 aliphatic carbocycles. The van der Waals surface area contributed by atoms with E-state index in [9.17, 15) is 18.0 Å². The number of aromatic nitrogens is 3. The van der Waals surface area contributed by atoms with E-state index in [2.05, 4.69) is 37.4 Å². The smallest absolute Gasteiger partial charge is 0.324 e. The van der Waals surface area contributed by atoms with Crippen LogP contribution in [0.3, 0.4) is 0 Å². The van der Waals surface area contributed by atoms with Gasteiger partial charge in [-0.1, -0.05) is 19.1 Å². The minimum absolute atomic E-state index is 0.00603. The van der Waals surface area contributed by atoms with Crippen LogP contribution in [0.2, 0.25) is 0 Å². The highest BCUT2D eigenvalue weighted by Gasteiger charge is 2.36. The molecule has 41 heavy (non-hydrogen) atoms. The number of halogens is 3. The number of likely N-dealkylation sites (tertiary alicyclic amines) is 1. The molecule has 1 aliphatic heterocycles. The molecule has 0 radical (unpaired) electrons. The van der Waals surface area contributed by atoms with Crippen molar-refractivity contribution < 1.29 is 18.0 Å². The van der Waals surface area contributed by atoms with Gasteiger partial charge in [0, 0.05) is 42.1 Å². The molecule has 5 rings (SSSR count). The van der Waals surface area contributed by atoms with Crippen LogP contribution in [0.1, 0.15) is 52.7 Å². The average Bonchev–Trinajstić information content (AvgIpc) is 2.98. The molecule has 1 aliphatic rings. The van der Waals surface area contributed by atoms with E-state index in [4.69, 9.17) is 0 Å². The normalized spacial score (nSPS) is 15.9. The summed E-state index contributed by atoms with van der Waals surface area (Å²) in [5, 5.41) is 5.79. The number of hydrogen-bond donors (Lipinski definition) is 2. The van der Waals surface area contributed by atoms with Crippen LogP contribution in [0.4, 0.5) is 30.5 Å². The molecule has 0 bridgehead atoms. The zero-order valence-corrected chi connectivity index (χ0v) is 22.9. The van der Waals surface area contributed by atoms with E-state index in [0.29, 0.717) is 35.1 Å². The number of amides is 1. The second-order valence-electron chi connectivity index (χ2n) is 10.2. The summed E-state index contributed by atoms with van der Waals surface area (Å²) in [7, 11) is 0. The predicted molar refractivity (Wildman–Crippen MR) is 153 cm³/mol. The average molecular weight is 561 g/mol. The van der Waals surface area contributed by atoms with E-state index < -0.39 is 23.2 Å². The molecular weight excluding hydrogens is 529 g/mol. The Morgan fingerprint density at radius 3 is 2.71 bits per heavy atom. The van der Waals surface area contributed by atoms with Gasteiger partial charge in [-0.2, -0.15) is 13.2 Å². The summed E-state index contributed by atoms with van der Waals surface area (Å²) in [6.07, 6.45) is 2.09. The molecule has 1 saturated heterocycles. The summed E-state index contributed by atoms with van der Waals surface area (Å²) in [5.74, 6) is -0.490. The number of aryl methyl sites for hydroxylation is 1. The lowest BCUT2D eigenvalue weighted by Crippen LogP contribution is -2.34. The fraction of sp³-hybridized carbons (Fsp3) is 0.290. The monoisotopic (exact) mass is 560 g/mol. The lowest BCUT2D eigenvalue weighted by Gasteiger charge is -2.32. The number of nitrogens with one attached hydrogen (secondary N) is 2. The van der Waals surface area contributed by atoms with Crippen LogP contribution in [0.15, 0.2) is 73.2 Å². The Hall–Kier alpha value is -4.31. The van der Waals surface area contributed by atoms with Crippen molar-refractivity contribution in [1.82, 2.24) is 19.9 Å². The summed E-state index contributed by atoms with van der Waals surface area (Å²) >= 11 is 0. The van der Waals surface area contributed by atoms with Crippen molar-refractivity contribution in [3.05, 3.63) is 95.4 Å². The Morgan fingerprint density at radius 1 is 1.10 bits per heavy atom. The van der Waals surface area contributed by atoms with Gasteiger partial charge in [0.25, 0.3) is 5.91 Å². The highest BCUT2D eigenvalue weighted by atomic mass is 19.4. The van der Waals surface area contributed by atoms with Crippen LogP contribution < -0.4 is 10.6 Å². The summed E-state index contributed by atoms with van der Waals surface area (Å²) in [5.41, 5.74) is 2.57. The van der Waals surface area contributed by atoms with Gasteiger partial charge in [-0.05, 0) is 92.4 Å². The van der Waals surface area contributed by atoms with Crippen molar-refractivity contribution in [2.45, 2.75) is 38.8 Å². The van der Waals surface area contributed by atoms with Crippen LogP contribution in [0, 0.1) is 6.92 Å². The lowest BCUT2D eigenvalue weighted by molar-refractivity contribution is -0.138. The standard InChI is InChI=1S/C31H31F3N6O/c1-3-40-15-5-7-23(19-40)21-9-11-25(26(16-21)31(32,33)34)29(41)37-24-10-8-20(2)28(17-24)39-30-36-14-12-27(38-30)22-6-4-13-35-18-22/h4,6,8-14,16-18,23H,3,5,7,15,19H2,1-2H3,(H,37,41)(H,36,38,39). The molecule has 1 amide bonds. The predicted octanol–water partition coefficient (Wildman–Crippen LogP) is 7.06. The zero-order chi connectivity index (χ0) is 29.0. The van der Waals surface area contributed by atoms with Crippen molar-refractivity contribution in [1.29, 1.82) is 0 Å². The maximum absolute atomic E-state index is 14.1. The minimum atomic E-state index is -4.67. The number of benzene rings is 2. The molecule has 212 valence electrons. The molecule has 1 atom stereocenters. The van der Waals surface area contributed by atoms with Crippen LogP contribution in [0.5, 0.6) is 0 Å². The van der Waals surface area contributed by atoms with Crippen molar-refractivity contribution in [3.63, 3.8) is 0 Å². The first-order valence-electron chi connectivity index (χ1n) is 13.6. The molecule has 1 fully saturated rings. The molecule has 3 heterocycles. The van der Waals surface area contributed by atoms with E-state index in [1.54, 1.807) is 48.9 Å². The number of piperidine rings is 1. The largest absolute Gasteiger partial charge is 0.417 e. The topological polar surface area (TPSA) is 83.0 Å². The molecule has 2 aromatic heterocycles. The first-order valence-corrected chi connectivity index (χ1v) is 13.6. The number of alkyl halides is 3. The molecular formula is C31H31F3N6O. The number of pyridine rings is 1. The fourth-order valence-electron chi connectivity index (χ4n) is 5.11. The second kappa shape index (κ2) is 12.1. The third-order valence-electron chi connectivity index (χ3n) is 7.37. The Morgan fingerprint density at radius 2 is 1.95 bits per heavy atom. The Labute approximate surface area is 236 Å². The number of rotatable bonds is 7. The van der Waals surface area contributed by atoms with E-state index in [-0.39, 0.29) is 5.92 Å². The quantitative estimate of drug-likeness (QED) is 0.252. The Bertz CT molecular complexity index is 1530. The lowest BCUT2D eigenvalue weighted by atomic mass is 9.88. The highest BCUT2D eigenvalue weighted by molar-refractivity contribution is 6.05. The van der Waals surface area contributed by atoms with Gasteiger partial charge in [0.05, 0.1) is 16.8 Å². The van der Waals surface area contributed by atoms with Crippen LogP contribution in [-0.2, 0) is 6.18 Å². The number of anilines is 3. The molecule has 7 nitrogen and oxygen atoms in total. The van der Waals surface area contributed by atoms with Crippen molar-refractivity contribution in [2.24, 2.45) is 0 Å². The zero-order valence-electron chi connectivity index (χ0n) is 22.9. The maximum Gasteiger partial charge on any atom is 0.417 e. The Kier molecular flexibility index (Phi) is 8.30. The molecule has 2 N–H and O–H groups in total. The number of likely N-dealkylation sites (N-methyl/N-ethyl adjacent to an activating group) is 1. The summed E-state index contributed by atoms with van der Waals surface area (Å²) in [6, 6.07) is 14.6. The van der Waals surface area contributed by atoms with Crippen LogP contribution in [-0.4, -0.2) is 45.4 Å². The summed E-state index contributed by atoms with van der Waals surface area (Å²) in [6.45, 7) is 6.45. The van der Waals surface area contributed by atoms with Crippen LogP contribution in [0.25, 0.3) is 11.3 Å². The molecule has 1 unspecified atom stereocenters. The Balaban J connectivity index is 1.36. The molecule has 0 spiro atoms. The summed E-state index contributed by atoms with van der Waals surface area (Å²) < 4.78 is 42.4. The number of carbonyl (C=O) groups is 1. The van der Waals surface area contributed by atoms with Gasteiger partial charge < -0.3 is 15.5 Å². The van der Waals surface area contributed by atoms with Gasteiger partial charge in [-0.15, -0.1) is 0 Å². The second-order valence-corrected chi connectivity index (χ2v) is 10.2. The van der Waals surface area contributed by atoms with Crippen LogP contribution >= 0.6 is 0 Å². The third kappa shape index (κ3) is 6.71. The van der Waals surface area contributed by atoms with Crippen molar-refractivity contribution in [2.75, 3.05) is 30.3 Å². The van der Waals surface area contributed by atoms with E-state index >= 15 is 0 Å². The molecule has 0 saturated carbocycles. The maximum atomic E-state index is 14.1. The van der Waals surface area contributed by atoms with Gasteiger partial charge in [0.2, 0.25) is 5.95 Å². The van der Waals surface area contributed by atoms with Gasteiger partial charge in [-0.25, -0.2) is 9.97 Å². The van der Waals surface area contributed by atoms with E-state index in [1.807, 2.05) is 19.1 Å². The number of hydrogen-bond acceptors (Lipinski definition) is 6.